The maximum absolute atomic E-state index is 12.2. The number of aliphatic imine (C=N–C) groups is 1. The van der Waals surface area contributed by atoms with Gasteiger partial charge in [0.2, 0.25) is 0 Å². The number of benzene rings is 1. The number of nitrogens with two attached hydrogens (primary N) is 1. The number of guanidine groups is 1. The molecule has 0 unspecified atom stereocenters. The van der Waals surface area contributed by atoms with Gasteiger partial charge in [-0.2, -0.15) is 0 Å². The Labute approximate surface area is 134 Å². The lowest BCUT2D eigenvalue weighted by Gasteiger charge is -2.27. The maximum Gasteiger partial charge on any atom is 0.191 e. The SMILES string of the molecule is NC(=NCCS(=O)(=O)c1ccc(Br)cc1)N1CCCCC1. The Kier molecular flexibility index (Phi) is 5.64. The normalized spacial score (nSPS) is 17.0. The van der Waals surface area contributed by atoms with Crippen molar-refractivity contribution in [2.45, 2.75) is 24.2 Å². The van der Waals surface area contributed by atoms with Gasteiger partial charge in [0.15, 0.2) is 15.8 Å². The molecule has 1 saturated heterocycles. The van der Waals surface area contributed by atoms with E-state index in [0.29, 0.717) is 10.9 Å². The number of piperidine rings is 1. The molecule has 2 rings (SSSR count). The van der Waals surface area contributed by atoms with E-state index in [0.717, 1.165) is 30.4 Å². The van der Waals surface area contributed by atoms with Gasteiger partial charge in [0, 0.05) is 17.6 Å². The molecule has 0 atom stereocenters. The van der Waals surface area contributed by atoms with E-state index in [2.05, 4.69) is 20.9 Å². The first kappa shape index (κ1) is 16.3. The van der Waals surface area contributed by atoms with Crippen molar-refractivity contribution in [3.8, 4) is 0 Å². The molecule has 1 fully saturated rings. The third kappa shape index (κ3) is 4.71. The van der Waals surface area contributed by atoms with Crippen LogP contribution in [0.5, 0.6) is 0 Å². The summed E-state index contributed by atoms with van der Waals surface area (Å²) in [6, 6.07) is 6.63. The lowest BCUT2D eigenvalue weighted by atomic mass is 10.1. The molecule has 1 aliphatic heterocycles. The van der Waals surface area contributed by atoms with Crippen molar-refractivity contribution in [1.29, 1.82) is 0 Å². The van der Waals surface area contributed by atoms with Crippen molar-refractivity contribution < 1.29 is 8.42 Å². The number of hydrogen-bond donors (Lipinski definition) is 1. The molecule has 0 bridgehead atoms. The van der Waals surface area contributed by atoms with Crippen molar-refractivity contribution >= 4 is 31.7 Å². The summed E-state index contributed by atoms with van der Waals surface area (Å²) < 4.78 is 25.2. The number of nitrogens with zero attached hydrogens (tertiary/aromatic N) is 2. The zero-order valence-electron chi connectivity index (χ0n) is 11.8. The van der Waals surface area contributed by atoms with Gasteiger partial charge in [-0.15, -0.1) is 0 Å². The van der Waals surface area contributed by atoms with Crippen LogP contribution < -0.4 is 5.73 Å². The van der Waals surface area contributed by atoms with Gasteiger partial charge < -0.3 is 10.6 Å². The molecule has 0 amide bonds. The molecule has 1 aromatic rings. The fourth-order valence-corrected chi connectivity index (χ4v) is 3.65. The van der Waals surface area contributed by atoms with Gasteiger partial charge in [-0.1, -0.05) is 15.9 Å². The molecule has 116 valence electrons. The smallest absolute Gasteiger partial charge is 0.191 e. The first-order valence-corrected chi connectivity index (χ1v) is 9.47. The summed E-state index contributed by atoms with van der Waals surface area (Å²) in [6.45, 7) is 2.02. The van der Waals surface area contributed by atoms with Crippen LogP contribution in [-0.4, -0.2) is 44.7 Å². The van der Waals surface area contributed by atoms with Crippen LogP contribution in [0.1, 0.15) is 19.3 Å². The van der Waals surface area contributed by atoms with Crippen LogP contribution in [0.2, 0.25) is 0 Å². The van der Waals surface area contributed by atoms with E-state index < -0.39 is 9.84 Å². The molecule has 0 aliphatic carbocycles. The Hall–Kier alpha value is -1.08. The number of sulfone groups is 1. The molecule has 1 aromatic carbocycles. The Balaban J connectivity index is 1.93. The van der Waals surface area contributed by atoms with Gasteiger partial charge >= 0.3 is 0 Å². The first-order chi connectivity index (χ1) is 9.99. The maximum atomic E-state index is 12.2. The van der Waals surface area contributed by atoms with Gasteiger partial charge in [-0.3, -0.25) is 4.99 Å². The molecule has 5 nitrogen and oxygen atoms in total. The number of rotatable bonds is 4. The highest BCUT2D eigenvalue weighted by Crippen LogP contribution is 2.16. The topological polar surface area (TPSA) is 75.8 Å². The first-order valence-electron chi connectivity index (χ1n) is 7.02. The molecule has 1 heterocycles. The molecule has 0 spiro atoms. The largest absolute Gasteiger partial charge is 0.370 e. The molecule has 0 radical (unpaired) electrons. The average molecular weight is 374 g/mol. The van der Waals surface area contributed by atoms with E-state index in [1.165, 1.54) is 6.42 Å². The Morgan fingerprint density at radius 2 is 1.81 bits per heavy atom. The second-order valence-electron chi connectivity index (χ2n) is 5.06. The molecule has 21 heavy (non-hydrogen) atoms. The van der Waals surface area contributed by atoms with E-state index in [4.69, 9.17) is 5.73 Å². The van der Waals surface area contributed by atoms with Gasteiger partial charge in [-0.05, 0) is 43.5 Å². The van der Waals surface area contributed by atoms with Crippen LogP contribution in [0.3, 0.4) is 0 Å². The van der Waals surface area contributed by atoms with Crippen molar-refractivity contribution in [3.05, 3.63) is 28.7 Å². The average Bonchev–Trinajstić information content (AvgIpc) is 2.48. The van der Waals surface area contributed by atoms with Crippen molar-refractivity contribution in [2.75, 3.05) is 25.4 Å². The molecule has 0 saturated carbocycles. The number of hydrogen-bond acceptors (Lipinski definition) is 3. The van der Waals surface area contributed by atoms with Crippen molar-refractivity contribution in [1.82, 2.24) is 4.90 Å². The Morgan fingerprint density at radius 3 is 2.43 bits per heavy atom. The van der Waals surface area contributed by atoms with Crippen LogP contribution in [0.15, 0.2) is 38.6 Å². The van der Waals surface area contributed by atoms with Crippen molar-refractivity contribution in [2.24, 2.45) is 10.7 Å². The molecular weight excluding hydrogens is 354 g/mol. The third-order valence-corrected chi connectivity index (χ3v) is 5.73. The highest BCUT2D eigenvalue weighted by molar-refractivity contribution is 9.10. The molecule has 1 aliphatic rings. The quantitative estimate of drug-likeness (QED) is 0.646. The van der Waals surface area contributed by atoms with Crippen LogP contribution in [0, 0.1) is 0 Å². The summed E-state index contributed by atoms with van der Waals surface area (Å²) in [5, 5.41) is 0. The van der Waals surface area contributed by atoms with Gasteiger partial charge in [0.1, 0.15) is 0 Å². The van der Waals surface area contributed by atoms with E-state index >= 15 is 0 Å². The summed E-state index contributed by atoms with van der Waals surface area (Å²) in [7, 11) is -3.31. The second kappa shape index (κ2) is 7.26. The summed E-state index contributed by atoms with van der Waals surface area (Å²) in [5.74, 6) is 0.434. The predicted molar refractivity (Wildman–Crippen MR) is 88.1 cm³/mol. The highest BCUT2D eigenvalue weighted by Gasteiger charge is 2.15. The lowest BCUT2D eigenvalue weighted by molar-refractivity contribution is 0.338. The summed E-state index contributed by atoms with van der Waals surface area (Å²) >= 11 is 3.29. The monoisotopic (exact) mass is 373 g/mol. The zero-order valence-corrected chi connectivity index (χ0v) is 14.2. The molecule has 7 heteroatoms. The van der Waals surface area contributed by atoms with Crippen molar-refractivity contribution in [3.63, 3.8) is 0 Å². The van der Waals surface area contributed by atoms with Crippen LogP contribution in [0.4, 0.5) is 0 Å². The van der Waals surface area contributed by atoms with Crippen LogP contribution >= 0.6 is 15.9 Å². The van der Waals surface area contributed by atoms with Gasteiger partial charge in [0.05, 0.1) is 17.2 Å². The van der Waals surface area contributed by atoms with E-state index in [1.54, 1.807) is 24.3 Å². The van der Waals surface area contributed by atoms with E-state index in [1.807, 2.05) is 4.90 Å². The van der Waals surface area contributed by atoms with E-state index in [9.17, 15) is 8.42 Å². The zero-order chi connectivity index (χ0) is 15.3. The second-order valence-corrected chi connectivity index (χ2v) is 8.09. The number of likely N-dealkylation sites (tertiary alicyclic amines) is 1. The Bertz CT molecular complexity index is 593. The minimum Gasteiger partial charge on any atom is -0.370 e. The van der Waals surface area contributed by atoms with Crippen LogP contribution in [0.25, 0.3) is 0 Å². The summed E-state index contributed by atoms with van der Waals surface area (Å²) in [6.07, 6.45) is 3.46. The Morgan fingerprint density at radius 1 is 1.19 bits per heavy atom. The third-order valence-electron chi connectivity index (χ3n) is 3.49. The summed E-state index contributed by atoms with van der Waals surface area (Å²) in [4.78, 5) is 6.55. The number of halogens is 1. The fraction of sp³-hybridized carbons (Fsp3) is 0.500. The minimum atomic E-state index is -3.31. The fourth-order valence-electron chi connectivity index (χ4n) is 2.26. The van der Waals surface area contributed by atoms with E-state index in [-0.39, 0.29) is 12.3 Å². The molecule has 2 N–H and O–H groups in total. The lowest BCUT2D eigenvalue weighted by Crippen LogP contribution is -2.41. The molecule has 0 aromatic heterocycles. The van der Waals surface area contributed by atoms with Gasteiger partial charge in [-0.25, -0.2) is 8.42 Å². The highest BCUT2D eigenvalue weighted by atomic mass is 79.9. The van der Waals surface area contributed by atoms with Gasteiger partial charge in [0.25, 0.3) is 0 Å². The van der Waals surface area contributed by atoms with Crippen LogP contribution in [-0.2, 0) is 9.84 Å². The standard InChI is InChI=1S/C14H20BrN3O2S/c15-12-4-6-13(7-5-12)21(19,20)11-8-17-14(16)18-9-2-1-3-10-18/h4-7H,1-3,8-11H2,(H2,16,17). The predicted octanol–water partition coefficient (Wildman–Crippen LogP) is 2.02. The molecular formula is C14H20BrN3O2S. The minimum absolute atomic E-state index is 0.0246. The summed E-state index contributed by atoms with van der Waals surface area (Å²) in [5.41, 5.74) is 5.91.